The average Bonchev–Trinajstić information content (AvgIpc) is 3.00. The van der Waals surface area contributed by atoms with Crippen LogP contribution in [0.2, 0.25) is 0 Å². The molecule has 5 nitrogen and oxygen atoms in total. The molecule has 0 fully saturated rings. The van der Waals surface area contributed by atoms with Gasteiger partial charge in [0.05, 0.1) is 11.4 Å². The van der Waals surface area contributed by atoms with Crippen molar-refractivity contribution in [3.63, 3.8) is 0 Å². The van der Waals surface area contributed by atoms with Crippen LogP contribution in [0.5, 0.6) is 0 Å². The highest BCUT2D eigenvalue weighted by Gasteiger charge is 2.25. The third-order valence-electron chi connectivity index (χ3n) is 4.27. The van der Waals surface area contributed by atoms with E-state index in [0.717, 1.165) is 23.4 Å². The van der Waals surface area contributed by atoms with Gasteiger partial charge in [-0.2, -0.15) is 0 Å². The SMILES string of the molecule is CC(=O)N1CCc2cccc(NC(=O)c3ccc(N(C)C)cc3)c21. The molecule has 0 atom stereocenters. The van der Waals surface area contributed by atoms with Gasteiger partial charge in [0.25, 0.3) is 5.91 Å². The topological polar surface area (TPSA) is 52.7 Å². The lowest BCUT2D eigenvalue weighted by Crippen LogP contribution is -2.27. The molecule has 2 aromatic rings. The van der Waals surface area contributed by atoms with E-state index >= 15 is 0 Å². The molecule has 124 valence electrons. The van der Waals surface area contributed by atoms with E-state index in [1.54, 1.807) is 24.0 Å². The number of rotatable bonds is 3. The maximum Gasteiger partial charge on any atom is 0.255 e. The Hall–Kier alpha value is -2.82. The fraction of sp³-hybridized carbons (Fsp3) is 0.263. The van der Waals surface area contributed by atoms with Gasteiger partial charge in [-0.15, -0.1) is 0 Å². The fourth-order valence-electron chi connectivity index (χ4n) is 2.98. The summed E-state index contributed by atoms with van der Waals surface area (Å²) in [4.78, 5) is 28.1. The summed E-state index contributed by atoms with van der Waals surface area (Å²) >= 11 is 0. The Balaban J connectivity index is 1.85. The molecule has 0 aliphatic carbocycles. The lowest BCUT2D eigenvalue weighted by Gasteiger charge is -2.19. The number of hydrogen-bond donors (Lipinski definition) is 1. The molecular formula is C19H21N3O2. The zero-order chi connectivity index (χ0) is 17.3. The molecule has 1 heterocycles. The first kappa shape index (κ1) is 16.1. The van der Waals surface area contributed by atoms with E-state index < -0.39 is 0 Å². The predicted molar refractivity (Wildman–Crippen MR) is 96.9 cm³/mol. The predicted octanol–water partition coefficient (Wildman–Crippen LogP) is 2.91. The van der Waals surface area contributed by atoms with Crippen LogP contribution in [0.3, 0.4) is 0 Å². The van der Waals surface area contributed by atoms with Crippen LogP contribution < -0.4 is 15.1 Å². The lowest BCUT2D eigenvalue weighted by atomic mass is 10.1. The molecule has 1 aliphatic rings. The van der Waals surface area contributed by atoms with Crippen molar-refractivity contribution in [3.8, 4) is 0 Å². The number of nitrogens with zero attached hydrogens (tertiary/aromatic N) is 2. The number of para-hydroxylation sites is 1. The van der Waals surface area contributed by atoms with Crippen molar-refractivity contribution in [1.82, 2.24) is 0 Å². The van der Waals surface area contributed by atoms with Crippen LogP contribution in [0.15, 0.2) is 42.5 Å². The molecule has 5 heteroatoms. The summed E-state index contributed by atoms with van der Waals surface area (Å²) < 4.78 is 0. The minimum Gasteiger partial charge on any atom is -0.378 e. The van der Waals surface area contributed by atoms with Crippen molar-refractivity contribution >= 4 is 28.9 Å². The van der Waals surface area contributed by atoms with Crippen molar-refractivity contribution in [3.05, 3.63) is 53.6 Å². The van der Waals surface area contributed by atoms with Crippen LogP contribution in [0.4, 0.5) is 17.1 Å². The Labute approximate surface area is 141 Å². The molecule has 0 saturated carbocycles. The second kappa shape index (κ2) is 6.35. The number of anilines is 3. The van der Waals surface area contributed by atoms with Crippen LogP contribution in [0.1, 0.15) is 22.8 Å². The number of carbonyl (C=O) groups is 2. The highest BCUT2D eigenvalue weighted by molar-refractivity contribution is 6.08. The van der Waals surface area contributed by atoms with Gasteiger partial charge in [-0.1, -0.05) is 12.1 Å². The van der Waals surface area contributed by atoms with Gasteiger partial charge in [-0.25, -0.2) is 0 Å². The normalized spacial score (nSPS) is 12.7. The van der Waals surface area contributed by atoms with E-state index in [4.69, 9.17) is 0 Å². The van der Waals surface area contributed by atoms with E-state index in [-0.39, 0.29) is 11.8 Å². The Morgan fingerprint density at radius 1 is 1.08 bits per heavy atom. The minimum absolute atomic E-state index is 0.00853. The highest BCUT2D eigenvalue weighted by Crippen LogP contribution is 2.35. The summed E-state index contributed by atoms with van der Waals surface area (Å²) in [6, 6.07) is 13.2. The first-order valence-electron chi connectivity index (χ1n) is 7.96. The van der Waals surface area contributed by atoms with Crippen LogP contribution in [0, 0.1) is 0 Å². The van der Waals surface area contributed by atoms with Gasteiger partial charge in [0.1, 0.15) is 0 Å². The molecule has 3 rings (SSSR count). The summed E-state index contributed by atoms with van der Waals surface area (Å²) in [5, 5.41) is 2.95. The Kier molecular flexibility index (Phi) is 4.25. The summed E-state index contributed by atoms with van der Waals surface area (Å²) in [6.07, 6.45) is 0.816. The number of fused-ring (bicyclic) bond motifs is 1. The van der Waals surface area contributed by atoms with E-state index in [0.29, 0.717) is 17.8 Å². The molecule has 0 spiro atoms. The van der Waals surface area contributed by atoms with Crippen LogP contribution in [-0.4, -0.2) is 32.5 Å². The quantitative estimate of drug-likeness (QED) is 0.945. The second-order valence-electron chi connectivity index (χ2n) is 6.13. The largest absolute Gasteiger partial charge is 0.378 e. The van der Waals surface area contributed by atoms with Crippen LogP contribution in [-0.2, 0) is 11.2 Å². The van der Waals surface area contributed by atoms with Crippen molar-refractivity contribution in [1.29, 1.82) is 0 Å². The third kappa shape index (κ3) is 2.97. The number of nitrogens with one attached hydrogen (secondary N) is 1. The zero-order valence-corrected chi connectivity index (χ0v) is 14.2. The molecule has 24 heavy (non-hydrogen) atoms. The van der Waals surface area contributed by atoms with Crippen molar-refractivity contribution in [2.24, 2.45) is 0 Å². The third-order valence-corrected chi connectivity index (χ3v) is 4.27. The van der Waals surface area contributed by atoms with Crippen LogP contribution >= 0.6 is 0 Å². The van der Waals surface area contributed by atoms with Crippen molar-refractivity contribution in [2.45, 2.75) is 13.3 Å². The Morgan fingerprint density at radius 2 is 1.79 bits per heavy atom. The maximum absolute atomic E-state index is 12.5. The first-order valence-corrected chi connectivity index (χ1v) is 7.96. The van der Waals surface area contributed by atoms with E-state index in [1.165, 1.54) is 0 Å². The molecule has 1 N–H and O–H groups in total. The molecule has 1 aliphatic heterocycles. The number of hydrogen-bond acceptors (Lipinski definition) is 3. The summed E-state index contributed by atoms with van der Waals surface area (Å²) in [5.74, 6) is -0.185. The molecule has 2 aromatic carbocycles. The zero-order valence-electron chi connectivity index (χ0n) is 14.2. The average molecular weight is 323 g/mol. The summed E-state index contributed by atoms with van der Waals surface area (Å²) in [6.45, 7) is 2.21. The van der Waals surface area contributed by atoms with Gasteiger partial charge in [-0.3, -0.25) is 9.59 Å². The van der Waals surface area contributed by atoms with E-state index in [1.807, 2.05) is 49.3 Å². The maximum atomic E-state index is 12.5. The standard InChI is InChI=1S/C19H21N3O2/c1-13(23)22-12-11-14-5-4-6-17(18(14)22)20-19(24)15-7-9-16(10-8-15)21(2)3/h4-10H,11-12H2,1-3H3,(H,20,24). The summed E-state index contributed by atoms with van der Waals surface area (Å²) in [7, 11) is 3.91. The van der Waals surface area contributed by atoms with Gasteiger partial charge in [-0.05, 0) is 42.3 Å². The summed E-state index contributed by atoms with van der Waals surface area (Å²) in [5.41, 5.74) is 4.22. The minimum atomic E-state index is -0.177. The number of benzene rings is 2. The lowest BCUT2D eigenvalue weighted by molar-refractivity contribution is -0.116. The monoisotopic (exact) mass is 323 g/mol. The van der Waals surface area contributed by atoms with Gasteiger partial charge < -0.3 is 15.1 Å². The highest BCUT2D eigenvalue weighted by atomic mass is 16.2. The second-order valence-corrected chi connectivity index (χ2v) is 6.13. The van der Waals surface area contributed by atoms with Crippen molar-refractivity contribution in [2.75, 3.05) is 35.8 Å². The Morgan fingerprint density at radius 3 is 2.42 bits per heavy atom. The molecule has 0 aromatic heterocycles. The van der Waals surface area contributed by atoms with Crippen LogP contribution in [0.25, 0.3) is 0 Å². The van der Waals surface area contributed by atoms with E-state index in [2.05, 4.69) is 5.32 Å². The van der Waals surface area contributed by atoms with Gasteiger partial charge in [0.2, 0.25) is 5.91 Å². The van der Waals surface area contributed by atoms with Gasteiger partial charge in [0.15, 0.2) is 0 Å². The Bertz CT molecular complexity index is 782. The molecule has 0 radical (unpaired) electrons. The fourth-order valence-corrected chi connectivity index (χ4v) is 2.98. The number of carbonyl (C=O) groups excluding carboxylic acids is 2. The van der Waals surface area contributed by atoms with Gasteiger partial charge in [0, 0.05) is 38.8 Å². The number of amides is 2. The smallest absolute Gasteiger partial charge is 0.255 e. The molecule has 0 bridgehead atoms. The molecule has 2 amide bonds. The molecule has 0 unspecified atom stereocenters. The molecular weight excluding hydrogens is 302 g/mol. The molecule has 0 saturated heterocycles. The van der Waals surface area contributed by atoms with Gasteiger partial charge >= 0.3 is 0 Å². The van der Waals surface area contributed by atoms with E-state index in [9.17, 15) is 9.59 Å². The first-order chi connectivity index (χ1) is 11.5. The van der Waals surface area contributed by atoms with Crippen molar-refractivity contribution < 1.29 is 9.59 Å².